The Bertz CT molecular complexity index is 353. The molecule has 0 aliphatic carbocycles. The molecular formula is C12H19BN2O. The van der Waals surface area contributed by atoms with E-state index in [1.54, 1.807) is 7.11 Å². The maximum Gasteiger partial charge on any atom is 0.113 e. The van der Waals surface area contributed by atoms with Gasteiger partial charge in [-0.15, -0.1) is 0 Å². The third-order valence-electron chi connectivity index (χ3n) is 2.29. The molecule has 1 aromatic carbocycles. The minimum Gasteiger partial charge on any atom is -0.386 e. The van der Waals surface area contributed by atoms with Gasteiger partial charge < -0.3 is 15.4 Å². The maximum absolute atomic E-state index is 5.78. The summed E-state index contributed by atoms with van der Waals surface area (Å²) in [5.41, 5.74) is 2.63. The van der Waals surface area contributed by atoms with E-state index in [0.717, 1.165) is 16.8 Å². The zero-order valence-electron chi connectivity index (χ0n) is 10.4. The number of nitrogens with one attached hydrogen (secondary N) is 2. The largest absolute Gasteiger partial charge is 0.386 e. The Morgan fingerprint density at radius 3 is 2.56 bits per heavy atom. The van der Waals surface area contributed by atoms with Crippen LogP contribution >= 0.6 is 0 Å². The van der Waals surface area contributed by atoms with Gasteiger partial charge in [0.2, 0.25) is 0 Å². The van der Waals surface area contributed by atoms with Gasteiger partial charge in [-0.05, 0) is 26.0 Å². The molecular weight excluding hydrogens is 199 g/mol. The van der Waals surface area contributed by atoms with Crippen LogP contribution in [-0.4, -0.2) is 34.1 Å². The van der Waals surface area contributed by atoms with Gasteiger partial charge in [-0.25, -0.2) is 0 Å². The van der Waals surface area contributed by atoms with Crippen LogP contribution in [0, 0.1) is 0 Å². The van der Waals surface area contributed by atoms with Crippen LogP contribution in [0.15, 0.2) is 18.2 Å². The summed E-state index contributed by atoms with van der Waals surface area (Å²) < 4.78 is 5.17. The lowest BCUT2D eigenvalue weighted by atomic mass is 9.94. The Balaban J connectivity index is 2.90. The molecule has 2 radical (unpaired) electrons. The molecule has 16 heavy (non-hydrogen) atoms. The van der Waals surface area contributed by atoms with E-state index in [0.29, 0.717) is 6.61 Å². The molecule has 0 fully saturated rings. The van der Waals surface area contributed by atoms with E-state index in [-0.39, 0.29) is 5.54 Å². The minimum atomic E-state index is -0.131. The predicted octanol–water partition coefficient (Wildman–Crippen LogP) is 1.36. The zero-order valence-corrected chi connectivity index (χ0v) is 10.4. The van der Waals surface area contributed by atoms with E-state index in [1.807, 2.05) is 25.2 Å². The van der Waals surface area contributed by atoms with Crippen LogP contribution in [0.25, 0.3) is 0 Å². The van der Waals surface area contributed by atoms with Gasteiger partial charge in [-0.1, -0.05) is 11.5 Å². The summed E-state index contributed by atoms with van der Waals surface area (Å²) in [4.78, 5) is 0. The van der Waals surface area contributed by atoms with E-state index in [1.165, 1.54) is 0 Å². The van der Waals surface area contributed by atoms with Gasteiger partial charge in [0, 0.05) is 14.2 Å². The van der Waals surface area contributed by atoms with Crippen molar-refractivity contribution in [2.75, 3.05) is 31.4 Å². The third kappa shape index (κ3) is 3.45. The third-order valence-corrected chi connectivity index (χ3v) is 2.29. The second-order valence-corrected chi connectivity index (χ2v) is 4.50. The van der Waals surface area contributed by atoms with Crippen molar-refractivity contribution < 1.29 is 4.74 Å². The van der Waals surface area contributed by atoms with E-state index >= 15 is 0 Å². The summed E-state index contributed by atoms with van der Waals surface area (Å²) in [7, 11) is 9.36. The summed E-state index contributed by atoms with van der Waals surface area (Å²) in [6.45, 7) is 4.79. The molecule has 0 bridgehead atoms. The smallest absolute Gasteiger partial charge is 0.113 e. The van der Waals surface area contributed by atoms with Crippen molar-refractivity contribution in [1.82, 2.24) is 0 Å². The number of methoxy groups -OCH3 is 1. The lowest BCUT2D eigenvalue weighted by Crippen LogP contribution is -2.36. The van der Waals surface area contributed by atoms with Gasteiger partial charge >= 0.3 is 0 Å². The summed E-state index contributed by atoms with van der Waals surface area (Å²) in [6.07, 6.45) is 0. The molecule has 3 nitrogen and oxygen atoms in total. The number of anilines is 2. The van der Waals surface area contributed by atoms with E-state index in [2.05, 4.69) is 24.5 Å². The van der Waals surface area contributed by atoms with E-state index in [4.69, 9.17) is 12.6 Å². The first-order valence-electron chi connectivity index (χ1n) is 5.33. The number of ether oxygens (including phenoxy) is 1. The van der Waals surface area contributed by atoms with Crippen molar-refractivity contribution in [1.29, 1.82) is 0 Å². The highest BCUT2D eigenvalue weighted by molar-refractivity contribution is 6.32. The van der Waals surface area contributed by atoms with Crippen molar-refractivity contribution in [3.63, 3.8) is 0 Å². The number of benzene rings is 1. The Morgan fingerprint density at radius 2 is 2.00 bits per heavy atom. The summed E-state index contributed by atoms with van der Waals surface area (Å²) in [6, 6.07) is 5.75. The molecule has 0 spiro atoms. The zero-order chi connectivity index (χ0) is 12.2. The van der Waals surface area contributed by atoms with Crippen molar-refractivity contribution in [2.24, 2.45) is 0 Å². The Kier molecular flexibility index (Phi) is 4.24. The number of hydrogen-bond acceptors (Lipinski definition) is 3. The molecule has 0 saturated carbocycles. The van der Waals surface area contributed by atoms with Gasteiger partial charge in [-0.3, -0.25) is 0 Å². The normalized spacial score (nSPS) is 11.2. The lowest BCUT2D eigenvalue weighted by molar-refractivity contribution is 0.158. The molecule has 0 saturated heterocycles. The molecule has 4 heteroatoms. The van der Waals surface area contributed by atoms with Crippen LogP contribution in [0.2, 0.25) is 0 Å². The molecule has 0 aliphatic rings. The fraction of sp³-hybridized carbons (Fsp3) is 0.500. The number of hydrogen-bond donors (Lipinski definition) is 2. The standard InChI is InChI=1S/C12H19BN2O/c1-12(2,8-16-4)15-11-7-9(13)5-6-10(11)14-3/h5-7,14-15H,8H2,1-4H3. The molecule has 86 valence electrons. The lowest BCUT2D eigenvalue weighted by Gasteiger charge is -2.28. The SMILES string of the molecule is [B]c1ccc(NC)c(NC(C)(C)COC)c1. The topological polar surface area (TPSA) is 33.3 Å². The first-order valence-corrected chi connectivity index (χ1v) is 5.33. The van der Waals surface area contributed by atoms with Crippen LogP contribution < -0.4 is 16.1 Å². The molecule has 1 aromatic rings. The fourth-order valence-electron chi connectivity index (χ4n) is 1.64. The Morgan fingerprint density at radius 1 is 1.31 bits per heavy atom. The maximum atomic E-state index is 5.78. The first kappa shape index (κ1) is 12.9. The van der Waals surface area contributed by atoms with Gasteiger partial charge in [0.05, 0.1) is 23.5 Å². The minimum absolute atomic E-state index is 0.131. The summed E-state index contributed by atoms with van der Waals surface area (Å²) in [5, 5.41) is 6.54. The fourth-order valence-corrected chi connectivity index (χ4v) is 1.64. The molecule has 0 aliphatic heterocycles. The van der Waals surface area contributed by atoms with Gasteiger partial charge in [0.25, 0.3) is 0 Å². The van der Waals surface area contributed by atoms with Crippen molar-refractivity contribution in [3.8, 4) is 0 Å². The molecule has 0 unspecified atom stereocenters. The van der Waals surface area contributed by atoms with Crippen molar-refractivity contribution >= 4 is 24.7 Å². The highest BCUT2D eigenvalue weighted by Crippen LogP contribution is 2.23. The molecule has 0 atom stereocenters. The van der Waals surface area contributed by atoms with Gasteiger partial charge in [0.15, 0.2) is 0 Å². The predicted molar refractivity (Wildman–Crippen MR) is 71.0 cm³/mol. The van der Waals surface area contributed by atoms with Crippen LogP contribution in [0.1, 0.15) is 13.8 Å². The number of rotatable bonds is 5. The van der Waals surface area contributed by atoms with E-state index < -0.39 is 0 Å². The summed E-state index contributed by atoms with van der Waals surface area (Å²) >= 11 is 0. The quantitative estimate of drug-likeness (QED) is 0.732. The second-order valence-electron chi connectivity index (χ2n) is 4.50. The highest BCUT2D eigenvalue weighted by Gasteiger charge is 2.18. The van der Waals surface area contributed by atoms with Gasteiger partial charge in [-0.2, -0.15) is 0 Å². The molecule has 0 heterocycles. The second kappa shape index (κ2) is 5.26. The molecule has 0 aromatic heterocycles. The Hall–Kier alpha value is -1.16. The Labute approximate surface area is 99.0 Å². The van der Waals surface area contributed by atoms with E-state index in [9.17, 15) is 0 Å². The van der Waals surface area contributed by atoms with Crippen LogP contribution in [-0.2, 0) is 4.74 Å². The average Bonchev–Trinajstić information content (AvgIpc) is 2.17. The van der Waals surface area contributed by atoms with Crippen molar-refractivity contribution in [2.45, 2.75) is 19.4 Å². The highest BCUT2D eigenvalue weighted by atomic mass is 16.5. The first-order chi connectivity index (χ1) is 7.48. The van der Waals surface area contributed by atoms with Crippen LogP contribution in [0.4, 0.5) is 11.4 Å². The average molecular weight is 218 g/mol. The molecule has 1 rings (SSSR count). The summed E-state index contributed by atoms with van der Waals surface area (Å²) in [5.74, 6) is 0. The van der Waals surface area contributed by atoms with Crippen LogP contribution in [0.3, 0.4) is 0 Å². The molecule has 2 N–H and O–H groups in total. The molecule has 0 amide bonds. The monoisotopic (exact) mass is 218 g/mol. The van der Waals surface area contributed by atoms with Crippen LogP contribution in [0.5, 0.6) is 0 Å². The van der Waals surface area contributed by atoms with Gasteiger partial charge in [0.1, 0.15) is 7.85 Å². The van der Waals surface area contributed by atoms with Crippen molar-refractivity contribution in [3.05, 3.63) is 18.2 Å².